The van der Waals surface area contributed by atoms with E-state index in [1.807, 2.05) is 0 Å². The molecule has 2 aliphatic heterocycles. The van der Waals surface area contributed by atoms with E-state index in [9.17, 15) is 40.5 Å². The fourth-order valence-corrected chi connectivity index (χ4v) is 3.60. The fourth-order valence-electron chi connectivity index (χ4n) is 3.60. The minimum atomic E-state index is -1.85. The number of aliphatic carboxylic acids is 1. The number of fused-ring (bicyclic) bond motifs is 1. The Morgan fingerprint density at radius 3 is 2.44 bits per heavy atom. The van der Waals surface area contributed by atoms with Crippen LogP contribution in [0.5, 0.6) is 0 Å². The summed E-state index contributed by atoms with van der Waals surface area (Å²) in [5.74, 6) is -3.20. The number of carbonyl (C=O) groups is 1. The summed E-state index contributed by atoms with van der Waals surface area (Å²) in [5.41, 5.74) is -2.01. The maximum atomic E-state index is 11.4. The van der Waals surface area contributed by atoms with Gasteiger partial charge in [-0.2, -0.15) is 0 Å². The molecule has 3 unspecified atom stereocenters. The molecule has 1 aliphatic carbocycles. The summed E-state index contributed by atoms with van der Waals surface area (Å²) < 4.78 is 16.0. The first kappa shape index (κ1) is 20.2. The molecule has 1 fully saturated rings. The summed E-state index contributed by atoms with van der Waals surface area (Å²) >= 11 is 0. The van der Waals surface area contributed by atoms with Gasteiger partial charge in [0.2, 0.25) is 6.29 Å². The molecule has 3 aliphatic rings. The largest absolute Gasteiger partial charge is 0.478 e. The van der Waals surface area contributed by atoms with Crippen LogP contribution in [0, 0.1) is 11.8 Å². The minimum absolute atomic E-state index is 0.158. The van der Waals surface area contributed by atoms with E-state index in [4.69, 9.17) is 14.2 Å². The highest BCUT2D eigenvalue weighted by Gasteiger charge is 2.55. The Morgan fingerprint density at radius 2 is 1.85 bits per heavy atom. The predicted octanol–water partition coefficient (Wildman–Crippen LogP) is -3.35. The maximum absolute atomic E-state index is 11.4. The molecule has 11 heteroatoms. The van der Waals surface area contributed by atoms with Crippen molar-refractivity contribution in [1.29, 1.82) is 0 Å². The van der Waals surface area contributed by atoms with E-state index >= 15 is 0 Å². The quantitative estimate of drug-likeness (QED) is 0.233. The zero-order valence-electron chi connectivity index (χ0n) is 14.0. The second-order valence-corrected chi connectivity index (χ2v) is 6.78. The highest BCUT2D eigenvalue weighted by atomic mass is 16.8. The van der Waals surface area contributed by atoms with E-state index in [0.717, 1.165) is 6.26 Å². The third-order valence-electron chi connectivity index (χ3n) is 5.15. The Kier molecular flexibility index (Phi) is 5.57. The average Bonchev–Trinajstić information content (AvgIpc) is 3.01. The van der Waals surface area contributed by atoms with Crippen molar-refractivity contribution in [2.75, 3.05) is 13.2 Å². The van der Waals surface area contributed by atoms with Crippen LogP contribution in [-0.2, 0) is 19.0 Å². The number of ether oxygens (including phenoxy) is 3. The molecule has 0 aromatic carbocycles. The molecule has 0 bridgehead atoms. The maximum Gasteiger partial charge on any atom is 0.335 e. The highest BCUT2D eigenvalue weighted by molar-refractivity contribution is 5.87. The molecule has 2 heterocycles. The molecule has 0 amide bonds. The van der Waals surface area contributed by atoms with Crippen molar-refractivity contribution in [3.63, 3.8) is 0 Å². The molecule has 1 saturated heterocycles. The number of hydrogen-bond acceptors (Lipinski definition) is 10. The van der Waals surface area contributed by atoms with E-state index in [1.165, 1.54) is 12.2 Å². The van der Waals surface area contributed by atoms with Gasteiger partial charge in [-0.15, -0.1) is 0 Å². The van der Waals surface area contributed by atoms with Crippen molar-refractivity contribution in [2.24, 2.45) is 11.8 Å². The van der Waals surface area contributed by atoms with E-state index in [2.05, 4.69) is 0 Å². The number of rotatable bonds is 5. The molecule has 152 valence electrons. The first-order chi connectivity index (χ1) is 12.7. The Balaban J connectivity index is 1.84. The molecule has 0 aromatic rings. The van der Waals surface area contributed by atoms with Crippen molar-refractivity contribution in [1.82, 2.24) is 0 Å². The van der Waals surface area contributed by atoms with Gasteiger partial charge in [0.1, 0.15) is 30.0 Å². The van der Waals surface area contributed by atoms with Gasteiger partial charge >= 0.3 is 5.97 Å². The molecular weight excluding hydrogens is 368 g/mol. The van der Waals surface area contributed by atoms with Gasteiger partial charge in [0, 0.05) is 5.92 Å². The van der Waals surface area contributed by atoms with E-state index in [-0.39, 0.29) is 5.57 Å². The second-order valence-electron chi connectivity index (χ2n) is 6.78. The van der Waals surface area contributed by atoms with Crippen molar-refractivity contribution in [2.45, 2.75) is 42.6 Å². The molecule has 27 heavy (non-hydrogen) atoms. The van der Waals surface area contributed by atoms with Crippen LogP contribution in [0.25, 0.3) is 0 Å². The van der Waals surface area contributed by atoms with Crippen LogP contribution in [0.2, 0.25) is 0 Å². The lowest BCUT2D eigenvalue weighted by atomic mass is 9.79. The summed E-state index contributed by atoms with van der Waals surface area (Å²) in [7, 11) is 0. The zero-order valence-corrected chi connectivity index (χ0v) is 14.0. The second kappa shape index (κ2) is 7.45. The highest BCUT2D eigenvalue weighted by Crippen LogP contribution is 2.45. The molecule has 7 N–H and O–H groups in total. The number of allylic oxidation sites excluding steroid dienone is 1. The average molecular weight is 390 g/mol. The Bertz CT molecular complexity index is 632. The van der Waals surface area contributed by atoms with Gasteiger partial charge in [0.15, 0.2) is 6.29 Å². The molecule has 0 spiro atoms. The SMILES string of the molecule is O=C(O)C1=COC(O[C@@H]2O[C@H](CO)[C@@H](O)[C@@H](O)[C@H]2O)C2C1C=C[C@@]2(O)CO. The van der Waals surface area contributed by atoms with Gasteiger partial charge < -0.3 is 50.0 Å². The van der Waals surface area contributed by atoms with Crippen LogP contribution in [0.1, 0.15) is 0 Å². The number of aliphatic hydroxyl groups excluding tert-OH is 5. The van der Waals surface area contributed by atoms with E-state index < -0.39 is 73.6 Å². The molecule has 11 nitrogen and oxygen atoms in total. The molecule has 3 rings (SSSR count). The first-order valence-corrected chi connectivity index (χ1v) is 8.31. The molecule has 0 aromatic heterocycles. The van der Waals surface area contributed by atoms with Gasteiger partial charge in [-0.25, -0.2) is 4.79 Å². The Hall–Kier alpha value is -1.57. The van der Waals surface area contributed by atoms with Gasteiger partial charge in [0.25, 0.3) is 0 Å². The summed E-state index contributed by atoms with van der Waals surface area (Å²) in [5, 5.41) is 68.4. The van der Waals surface area contributed by atoms with Crippen molar-refractivity contribution >= 4 is 5.97 Å². The number of hydrogen-bond donors (Lipinski definition) is 7. The number of carboxylic acid groups (broad SMARTS) is 1. The summed E-state index contributed by atoms with van der Waals surface area (Å²) in [4.78, 5) is 11.4. The van der Waals surface area contributed by atoms with Crippen LogP contribution in [-0.4, -0.2) is 97.5 Å². The molecule has 0 saturated carbocycles. The molecular formula is C16H22O11. The van der Waals surface area contributed by atoms with Gasteiger partial charge in [0.05, 0.1) is 31.0 Å². The van der Waals surface area contributed by atoms with Crippen molar-refractivity contribution < 1.29 is 54.8 Å². The smallest absolute Gasteiger partial charge is 0.335 e. The van der Waals surface area contributed by atoms with Gasteiger partial charge in [-0.3, -0.25) is 0 Å². The van der Waals surface area contributed by atoms with Crippen LogP contribution >= 0.6 is 0 Å². The zero-order chi connectivity index (χ0) is 19.9. The lowest BCUT2D eigenvalue weighted by Gasteiger charge is -2.44. The Labute approximate surface area is 153 Å². The number of carboxylic acids is 1. The van der Waals surface area contributed by atoms with Crippen LogP contribution in [0.15, 0.2) is 24.0 Å². The van der Waals surface area contributed by atoms with Crippen molar-refractivity contribution in [3.8, 4) is 0 Å². The normalized spacial score (nSPS) is 46.5. The monoisotopic (exact) mass is 390 g/mol. The topological polar surface area (TPSA) is 186 Å². The fraction of sp³-hybridized carbons (Fsp3) is 0.688. The van der Waals surface area contributed by atoms with Crippen LogP contribution in [0.3, 0.4) is 0 Å². The lowest BCUT2D eigenvalue weighted by Crippen LogP contribution is -2.61. The summed E-state index contributed by atoms with van der Waals surface area (Å²) in [6, 6.07) is 0. The van der Waals surface area contributed by atoms with Crippen LogP contribution < -0.4 is 0 Å². The number of aliphatic hydroxyl groups is 6. The van der Waals surface area contributed by atoms with Gasteiger partial charge in [-0.05, 0) is 0 Å². The first-order valence-electron chi connectivity index (χ1n) is 8.31. The third kappa shape index (κ3) is 3.37. The summed E-state index contributed by atoms with van der Waals surface area (Å²) in [6.07, 6.45) is -5.48. The third-order valence-corrected chi connectivity index (χ3v) is 5.15. The predicted molar refractivity (Wildman–Crippen MR) is 83.6 cm³/mol. The van der Waals surface area contributed by atoms with E-state index in [1.54, 1.807) is 0 Å². The van der Waals surface area contributed by atoms with Crippen molar-refractivity contribution in [3.05, 3.63) is 24.0 Å². The molecule has 0 radical (unpaired) electrons. The minimum Gasteiger partial charge on any atom is -0.478 e. The standard InChI is InChI=1S/C16H22O11/c17-3-8-10(19)11(20)12(21)15(26-8)27-14-9-6(1-2-16(9,24)5-18)7(4-25-14)13(22)23/h1-2,4,6,8-12,14-15,17-21,24H,3,5H2,(H,22,23)/t6?,8-,9?,10-,11-,12-,14?,15+,16-/m1/s1. The lowest BCUT2D eigenvalue weighted by molar-refractivity contribution is -0.346. The molecule has 9 atom stereocenters. The van der Waals surface area contributed by atoms with Gasteiger partial charge in [-0.1, -0.05) is 12.2 Å². The van der Waals surface area contributed by atoms with E-state index in [0.29, 0.717) is 0 Å². The van der Waals surface area contributed by atoms with Crippen LogP contribution in [0.4, 0.5) is 0 Å². The summed E-state index contributed by atoms with van der Waals surface area (Å²) in [6.45, 7) is -1.40. The Morgan fingerprint density at radius 1 is 1.15 bits per heavy atom.